The molecule has 1 N–H and O–H groups in total. The molecule has 20 heavy (non-hydrogen) atoms. The van der Waals surface area contributed by atoms with Crippen LogP contribution in [-0.2, 0) is 14.4 Å². The van der Waals surface area contributed by atoms with Gasteiger partial charge in [-0.3, -0.25) is 14.6 Å². The molecular formula is C12H9NO7. The quantitative estimate of drug-likeness (QED) is 0.641. The van der Waals surface area contributed by atoms with Crippen LogP contribution in [0.25, 0.3) is 0 Å². The van der Waals surface area contributed by atoms with Crippen molar-refractivity contribution in [2.45, 2.75) is 25.4 Å². The predicted molar refractivity (Wildman–Crippen MR) is 60.1 cm³/mol. The van der Waals surface area contributed by atoms with E-state index in [1.807, 2.05) is 0 Å². The highest BCUT2D eigenvalue weighted by atomic mass is 16.6. The molecule has 2 aliphatic heterocycles. The van der Waals surface area contributed by atoms with Crippen molar-refractivity contribution < 1.29 is 33.7 Å². The number of carbonyl (C=O) groups is 3. The van der Waals surface area contributed by atoms with Gasteiger partial charge in [0.25, 0.3) is 0 Å². The van der Waals surface area contributed by atoms with E-state index in [2.05, 4.69) is 4.98 Å². The molecule has 2 aliphatic rings. The summed E-state index contributed by atoms with van der Waals surface area (Å²) in [7, 11) is 0. The lowest BCUT2D eigenvalue weighted by Crippen LogP contribution is -2.48. The number of carbonyl (C=O) groups excluding carboxylic acids is 3. The molecule has 2 bridgehead atoms. The molecule has 0 amide bonds. The molecule has 8 nitrogen and oxygen atoms in total. The zero-order valence-corrected chi connectivity index (χ0v) is 10.3. The zero-order chi connectivity index (χ0) is 14.5. The highest BCUT2D eigenvalue weighted by molar-refractivity contribution is 5.95. The van der Waals surface area contributed by atoms with E-state index in [-0.39, 0.29) is 22.9 Å². The normalized spacial score (nSPS) is 24.8. The Morgan fingerprint density at radius 3 is 2.45 bits per heavy atom. The number of aromatic nitrogens is 1. The van der Waals surface area contributed by atoms with Crippen LogP contribution in [0, 0.1) is 6.92 Å². The van der Waals surface area contributed by atoms with Crippen LogP contribution in [0.15, 0.2) is 6.20 Å². The van der Waals surface area contributed by atoms with Crippen molar-refractivity contribution in [3.05, 3.63) is 11.9 Å². The Morgan fingerprint density at radius 2 is 1.75 bits per heavy atom. The van der Waals surface area contributed by atoms with Crippen LogP contribution in [0.5, 0.6) is 17.2 Å². The Morgan fingerprint density at radius 1 is 1.10 bits per heavy atom. The highest BCUT2D eigenvalue weighted by Crippen LogP contribution is 2.43. The van der Waals surface area contributed by atoms with Gasteiger partial charge in [0, 0.05) is 0 Å². The maximum Gasteiger partial charge on any atom is 0.345 e. The van der Waals surface area contributed by atoms with Gasteiger partial charge in [-0.15, -0.1) is 0 Å². The highest BCUT2D eigenvalue weighted by Gasteiger charge is 2.48. The molecule has 1 unspecified atom stereocenters. The summed E-state index contributed by atoms with van der Waals surface area (Å²) in [5, 5.41) is 10.1. The molecule has 0 radical (unpaired) electrons. The van der Waals surface area contributed by atoms with E-state index in [0.29, 0.717) is 0 Å². The van der Waals surface area contributed by atoms with Crippen molar-refractivity contribution in [1.29, 1.82) is 0 Å². The third-order valence-electron chi connectivity index (χ3n) is 3.02. The van der Waals surface area contributed by atoms with Gasteiger partial charge in [0.15, 0.2) is 17.1 Å². The van der Waals surface area contributed by atoms with E-state index in [9.17, 15) is 19.5 Å². The second kappa shape index (κ2) is 4.01. The second-order valence-corrected chi connectivity index (χ2v) is 4.59. The van der Waals surface area contributed by atoms with Gasteiger partial charge in [0.1, 0.15) is 0 Å². The first-order valence-electron chi connectivity index (χ1n) is 5.75. The number of hydrogen-bond donors (Lipinski definition) is 1. The van der Waals surface area contributed by atoms with Crippen molar-refractivity contribution in [1.82, 2.24) is 4.98 Å². The van der Waals surface area contributed by atoms with E-state index < -0.39 is 36.4 Å². The van der Waals surface area contributed by atoms with Gasteiger partial charge < -0.3 is 19.3 Å². The summed E-state index contributed by atoms with van der Waals surface area (Å²) in [6, 6.07) is 0. The molecule has 1 atom stereocenters. The summed E-state index contributed by atoms with van der Waals surface area (Å²) in [5.41, 5.74) is -2.01. The zero-order valence-electron chi connectivity index (χ0n) is 10.3. The number of esters is 3. The van der Waals surface area contributed by atoms with E-state index in [4.69, 9.17) is 14.2 Å². The maximum atomic E-state index is 12.0. The minimum Gasteiger partial charge on any atom is -0.421 e. The minimum atomic E-state index is -2.29. The van der Waals surface area contributed by atoms with E-state index >= 15 is 0 Å². The lowest BCUT2D eigenvalue weighted by atomic mass is 9.95. The van der Waals surface area contributed by atoms with E-state index in [0.717, 1.165) is 0 Å². The summed E-state index contributed by atoms with van der Waals surface area (Å²) in [5.74, 6) is -3.29. The van der Waals surface area contributed by atoms with Crippen molar-refractivity contribution in [3.63, 3.8) is 0 Å². The topological polar surface area (TPSA) is 112 Å². The van der Waals surface area contributed by atoms with Gasteiger partial charge in [-0.25, -0.2) is 4.79 Å². The van der Waals surface area contributed by atoms with E-state index in [1.54, 1.807) is 0 Å². The van der Waals surface area contributed by atoms with Gasteiger partial charge in [-0.1, -0.05) is 0 Å². The number of ether oxygens (including phenoxy) is 3. The first kappa shape index (κ1) is 12.5. The average Bonchev–Trinajstić information content (AvgIpc) is 2.34. The van der Waals surface area contributed by atoms with Crippen LogP contribution in [-0.4, -0.2) is 33.6 Å². The summed E-state index contributed by atoms with van der Waals surface area (Å²) >= 11 is 0. The first-order valence-corrected chi connectivity index (χ1v) is 5.75. The number of rotatable bonds is 0. The number of fused-ring (bicyclic) bond motifs is 2. The number of pyridine rings is 1. The third-order valence-corrected chi connectivity index (χ3v) is 3.02. The van der Waals surface area contributed by atoms with Crippen LogP contribution in [0.3, 0.4) is 0 Å². The lowest BCUT2D eigenvalue weighted by Gasteiger charge is -2.29. The van der Waals surface area contributed by atoms with Crippen LogP contribution in [0.4, 0.5) is 0 Å². The molecule has 1 aromatic rings. The fourth-order valence-corrected chi connectivity index (χ4v) is 2.02. The molecule has 3 heterocycles. The average molecular weight is 279 g/mol. The van der Waals surface area contributed by atoms with Gasteiger partial charge in [-0.05, 0) is 6.92 Å². The number of aliphatic hydroxyl groups is 1. The standard InChI is InChI=1S/C12H9NO7/c1-5-9-10-6(4-13-5)18-7(14)2-12(17,11(16)20-10)3-8(15)19-9/h4,17H,2-3H2,1H3. The van der Waals surface area contributed by atoms with Crippen LogP contribution in [0.1, 0.15) is 18.5 Å². The van der Waals surface area contributed by atoms with Crippen LogP contribution in [0.2, 0.25) is 0 Å². The first-order chi connectivity index (χ1) is 9.39. The molecule has 0 saturated heterocycles. The Bertz CT molecular complexity index is 653. The molecule has 8 heteroatoms. The molecule has 0 spiro atoms. The monoisotopic (exact) mass is 279 g/mol. The van der Waals surface area contributed by atoms with Gasteiger partial charge >= 0.3 is 17.9 Å². The Kier molecular flexibility index (Phi) is 2.51. The molecule has 1 aromatic heterocycles. The van der Waals surface area contributed by atoms with Gasteiger partial charge in [-0.2, -0.15) is 0 Å². The predicted octanol–water partition coefficient (Wildman–Crippen LogP) is -0.355. The summed E-state index contributed by atoms with van der Waals surface area (Å²) in [6.45, 7) is 1.53. The maximum absolute atomic E-state index is 12.0. The van der Waals surface area contributed by atoms with Gasteiger partial charge in [0.2, 0.25) is 5.75 Å². The third kappa shape index (κ3) is 1.81. The van der Waals surface area contributed by atoms with Crippen molar-refractivity contribution >= 4 is 17.9 Å². The molecule has 3 rings (SSSR count). The Labute approximate surface area is 112 Å². The van der Waals surface area contributed by atoms with Crippen LogP contribution < -0.4 is 14.2 Å². The molecule has 0 saturated carbocycles. The number of nitrogens with zero attached hydrogens (tertiary/aromatic N) is 1. The Balaban J connectivity index is 2.27. The Hall–Kier alpha value is -2.48. The van der Waals surface area contributed by atoms with E-state index in [1.165, 1.54) is 13.1 Å². The summed E-state index contributed by atoms with van der Waals surface area (Å²) in [6.07, 6.45) is -0.229. The smallest absolute Gasteiger partial charge is 0.345 e. The van der Waals surface area contributed by atoms with Crippen LogP contribution >= 0.6 is 0 Å². The van der Waals surface area contributed by atoms with Gasteiger partial charge in [0.05, 0.1) is 24.7 Å². The molecule has 0 aliphatic carbocycles. The SMILES string of the molecule is Cc1ncc2c3c1OC(=O)CC(O)(CC(=O)O2)C(=O)O3. The summed E-state index contributed by atoms with van der Waals surface area (Å²) in [4.78, 5) is 39.3. The second-order valence-electron chi connectivity index (χ2n) is 4.59. The molecule has 0 aromatic carbocycles. The fraction of sp³-hybridized carbons (Fsp3) is 0.333. The van der Waals surface area contributed by atoms with Crippen molar-refractivity contribution in [2.75, 3.05) is 0 Å². The molecule has 0 fully saturated rings. The largest absolute Gasteiger partial charge is 0.421 e. The molecular weight excluding hydrogens is 270 g/mol. The minimum absolute atomic E-state index is 0.0994. The van der Waals surface area contributed by atoms with Crippen molar-refractivity contribution in [2.24, 2.45) is 0 Å². The lowest BCUT2D eigenvalue weighted by molar-refractivity contribution is -0.170. The van der Waals surface area contributed by atoms with Crippen molar-refractivity contribution in [3.8, 4) is 17.2 Å². The number of aryl methyl sites for hydroxylation is 1. The molecule has 104 valence electrons. The summed E-state index contributed by atoms with van der Waals surface area (Å²) < 4.78 is 15.0. The fourth-order valence-electron chi connectivity index (χ4n) is 2.02. The number of hydrogen-bond acceptors (Lipinski definition) is 8.